The van der Waals surface area contributed by atoms with Crippen LogP contribution in [-0.2, 0) is 17.8 Å². The van der Waals surface area contributed by atoms with Crippen molar-refractivity contribution in [3.8, 4) is 0 Å². The van der Waals surface area contributed by atoms with Gasteiger partial charge in [0.2, 0.25) is 0 Å². The predicted octanol–water partition coefficient (Wildman–Crippen LogP) is 2.28. The molecule has 1 aromatic carbocycles. The summed E-state index contributed by atoms with van der Waals surface area (Å²) >= 11 is 0. The van der Waals surface area contributed by atoms with Crippen molar-refractivity contribution in [3.63, 3.8) is 0 Å². The molecule has 4 nitrogen and oxygen atoms in total. The molecular weight excluding hydrogens is 264 g/mol. The van der Waals surface area contributed by atoms with Crippen molar-refractivity contribution in [1.82, 2.24) is 10.2 Å². The van der Waals surface area contributed by atoms with E-state index in [0.717, 1.165) is 37.3 Å². The lowest BCUT2D eigenvalue weighted by atomic mass is 10.0. The number of piperidine rings is 1. The Hall–Kier alpha value is -1.39. The van der Waals surface area contributed by atoms with Crippen molar-refractivity contribution in [2.45, 2.75) is 45.2 Å². The summed E-state index contributed by atoms with van der Waals surface area (Å²) in [7, 11) is 0. The summed E-state index contributed by atoms with van der Waals surface area (Å²) in [6, 6.07) is 8.46. The van der Waals surface area contributed by atoms with Crippen molar-refractivity contribution in [2.24, 2.45) is 0 Å². The van der Waals surface area contributed by atoms with Crippen LogP contribution in [0.4, 0.5) is 0 Å². The van der Waals surface area contributed by atoms with E-state index < -0.39 is 5.97 Å². The molecule has 21 heavy (non-hydrogen) atoms. The van der Waals surface area contributed by atoms with Crippen molar-refractivity contribution in [3.05, 3.63) is 35.4 Å². The molecule has 0 aliphatic carbocycles. The van der Waals surface area contributed by atoms with Gasteiger partial charge in [0.1, 0.15) is 0 Å². The molecule has 0 radical (unpaired) electrons. The van der Waals surface area contributed by atoms with E-state index in [0.29, 0.717) is 6.04 Å². The first-order chi connectivity index (χ1) is 10.2. The summed E-state index contributed by atoms with van der Waals surface area (Å²) in [5.74, 6) is -0.764. The highest BCUT2D eigenvalue weighted by Crippen LogP contribution is 2.15. The summed E-state index contributed by atoms with van der Waals surface area (Å²) in [6.07, 6.45) is 3.94. The molecule has 1 aliphatic rings. The van der Waals surface area contributed by atoms with Crippen LogP contribution in [0.1, 0.15) is 37.3 Å². The largest absolute Gasteiger partial charge is 0.481 e. The van der Waals surface area contributed by atoms with Gasteiger partial charge in [-0.3, -0.25) is 9.69 Å². The first kappa shape index (κ1) is 16.0. The summed E-state index contributed by atoms with van der Waals surface area (Å²) in [5.41, 5.74) is 2.07. The zero-order chi connectivity index (χ0) is 15.1. The Morgan fingerprint density at radius 1 is 1.33 bits per heavy atom. The van der Waals surface area contributed by atoms with Gasteiger partial charge in [0, 0.05) is 19.1 Å². The fourth-order valence-corrected chi connectivity index (χ4v) is 2.98. The minimum atomic E-state index is -0.764. The van der Waals surface area contributed by atoms with Crippen LogP contribution in [0.3, 0.4) is 0 Å². The second-order valence-corrected chi connectivity index (χ2v) is 5.81. The standard InChI is InChI=1S/C17H26N2O2/c1-2-19(13-16-9-5-6-10-18-16)12-15-8-4-3-7-14(15)11-17(20)21/h3-4,7-8,16,18H,2,5-6,9-13H2,1H3,(H,20,21). The van der Waals surface area contributed by atoms with E-state index in [1.807, 2.05) is 18.2 Å². The molecule has 1 aromatic rings. The summed E-state index contributed by atoms with van der Waals surface area (Å²) in [5, 5.41) is 12.6. The average Bonchev–Trinajstić information content (AvgIpc) is 2.49. The highest BCUT2D eigenvalue weighted by atomic mass is 16.4. The second kappa shape index (κ2) is 8.15. The second-order valence-electron chi connectivity index (χ2n) is 5.81. The number of nitrogens with one attached hydrogen (secondary N) is 1. The van der Waals surface area contributed by atoms with Gasteiger partial charge in [-0.1, -0.05) is 37.6 Å². The number of hydrogen-bond acceptors (Lipinski definition) is 3. The molecule has 0 aromatic heterocycles. The lowest BCUT2D eigenvalue weighted by molar-refractivity contribution is -0.136. The molecule has 2 N–H and O–H groups in total. The molecule has 0 bridgehead atoms. The zero-order valence-electron chi connectivity index (χ0n) is 12.8. The smallest absolute Gasteiger partial charge is 0.307 e. The van der Waals surface area contributed by atoms with Gasteiger partial charge >= 0.3 is 5.97 Å². The van der Waals surface area contributed by atoms with Crippen LogP contribution in [-0.4, -0.2) is 41.7 Å². The van der Waals surface area contributed by atoms with E-state index in [4.69, 9.17) is 5.11 Å². The van der Waals surface area contributed by atoms with Crippen LogP contribution in [0.25, 0.3) is 0 Å². The van der Waals surface area contributed by atoms with E-state index in [-0.39, 0.29) is 6.42 Å². The van der Waals surface area contributed by atoms with Crippen LogP contribution < -0.4 is 5.32 Å². The molecule has 116 valence electrons. The number of nitrogens with zero attached hydrogens (tertiary/aromatic N) is 1. The monoisotopic (exact) mass is 290 g/mol. The summed E-state index contributed by atoms with van der Waals surface area (Å²) in [4.78, 5) is 13.4. The third-order valence-corrected chi connectivity index (χ3v) is 4.19. The van der Waals surface area contributed by atoms with Gasteiger partial charge in [0.15, 0.2) is 0 Å². The summed E-state index contributed by atoms with van der Waals surface area (Å²) in [6.45, 7) is 6.15. The normalized spacial score (nSPS) is 18.9. The van der Waals surface area contributed by atoms with Crippen molar-refractivity contribution >= 4 is 5.97 Å². The number of aliphatic carboxylic acids is 1. The number of carboxylic acids is 1. The number of carbonyl (C=O) groups is 1. The van der Waals surface area contributed by atoms with Crippen LogP contribution in [0.2, 0.25) is 0 Å². The Morgan fingerprint density at radius 3 is 2.71 bits per heavy atom. The molecule has 0 spiro atoms. The van der Waals surface area contributed by atoms with E-state index in [9.17, 15) is 4.79 Å². The molecule has 0 amide bonds. The number of rotatable bonds is 7. The van der Waals surface area contributed by atoms with E-state index in [1.54, 1.807) is 0 Å². The molecule has 2 rings (SSSR count). The van der Waals surface area contributed by atoms with Crippen LogP contribution in [0, 0.1) is 0 Å². The maximum Gasteiger partial charge on any atom is 0.307 e. The third kappa shape index (κ3) is 5.14. The summed E-state index contributed by atoms with van der Waals surface area (Å²) < 4.78 is 0. The molecule has 1 heterocycles. The highest BCUT2D eigenvalue weighted by molar-refractivity contribution is 5.70. The van der Waals surface area contributed by atoms with Crippen molar-refractivity contribution in [2.75, 3.05) is 19.6 Å². The number of likely N-dealkylation sites (N-methyl/N-ethyl adjacent to an activating group) is 1. The van der Waals surface area contributed by atoms with Gasteiger partial charge in [-0.05, 0) is 37.1 Å². The zero-order valence-corrected chi connectivity index (χ0v) is 12.8. The Balaban J connectivity index is 1.98. The van der Waals surface area contributed by atoms with Crippen molar-refractivity contribution < 1.29 is 9.90 Å². The first-order valence-corrected chi connectivity index (χ1v) is 7.93. The molecule has 1 fully saturated rings. The lowest BCUT2D eigenvalue weighted by Gasteiger charge is -2.30. The molecule has 1 saturated heterocycles. The van der Waals surface area contributed by atoms with Crippen LogP contribution >= 0.6 is 0 Å². The van der Waals surface area contributed by atoms with Gasteiger partial charge in [-0.15, -0.1) is 0 Å². The molecule has 4 heteroatoms. The van der Waals surface area contributed by atoms with E-state index >= 15 is 0 Å². The van der Waals surface area contributed by atoms with E-state index in [2.05, 4.69) is 23.2 Å². The van der Waals surface area contributed by atoms with Gasteiger partial charge < -0.3 is 10.4 Å². The topological polar surface area (TPSA) is 52.6 Å². The first-order valence-electron chi connectivity index (χ1n) is 7.93. The average molecular weight is 290 g/mol. The van der Waals surface area contributed by atoms with Gasteiger partial charge in [-0.2, -0.15) is 0 Å². The SMILES string of the molecule is CCN(Cc1ccccc1CC(=O)O)CC1CCCCN1. The van der Waals surface area contributed by atoms with Gasteiger partial charge in [0.25, 0.3) is 0 Å². The fourth-order valence-electron chi connectivity index (χ4n) is 2.98. The maximum absolute atomic E-state index is 11.0. The van der Waals surface area contributed by atoms with E-state index in [1.165, 1.54) is 19.3 Å². The van der Waals surface area contributed by atoms with Gasteiger partial charge in [-0.25, -0.2) is 0 Å². The third-order valence-electron chi connectivity index (χ3n) is 4.19. The lowest BCUT2D eigenvalue weighted by Crippen LogP contribution is -2.43. The maximum atomic E-state index is 11.0. The highest BCUT2D eigenvalue weighted by Gasteiger charge is 2.17. The molecule has 1 unspecified atom stereocenters. The Kier molecular flexibility index (Phi) is 6.21. The Morgan fingerprint density at radius 2 is 2.10 bits per heavy atom. The Bertz CT molecular complexity index is 456. The molecular formula is C17H26N2O2. The minimum absolute atomic E-state index is 0.107. The molecule has 0 saturated carbocycles. The van der Waals surface area contributed by atoms with Crippen LogP contribution in [0.5, 0.6) is 0 Å². The molecule has 1 aliphatic heterocycles. The quantitative estimate of drug-likeness (QED) is 0.809. The minimum Gasteiger partial charge on any atom is -0.481 e. The fraction of sp³-hybridized carbons (Fsp3) is 0.588. The Labute approximate surface area is 127 Å². The van der Waals surface area contributed by atoms with Crippen molar-refractivity contribution in [1.29, 1.82) is 0 Å². The number of hydrogen-bond donors (Lipinski definition) is 2. The van der Waals surface area contributed by atoms with Gasteiger partial charge in [0.05, 0.1) is 6.42 Å². The number of carboxylic acid groups (broad SMARTS) is 1. The van der Waals surface area contributed by atoms with Crippen LogP contribution in [0.15, 0.2) is 24.3 Å². The number of benzene rings is 1. The predicted molar refractivity (Wildman–Crippen MR) is 84.4 cm³/mol. The molecule has 1 atom stereocenters.